The molecule has 0 spiro atoms. The average Bonchev–Trinajstić information content (AvgIpc) is 2.60. The number of allylic oxidation sites excluding steroid dienone is 4. The minimum Gasteiger partial charge on any atom is -0.504 e. The monoisotopic (exact) mass is 348 g/mol. The molecule has 1 rings (SSSR count). The molecule has 4 nitrogen and oxygen atoms in total. The number of hydrogen-bond acceptors (Lipinski definition) is 4. The maximum atomic E-state index is 11.7. The average molecular weight is 348 g/mol. The van der Waals surface area contributed by atoms with E-state index in [0.29, 0.717) is 6.42 Å². The number of rotatable bonds is 13. The molecule has 140 valence electrons. The third kappa shape index (κ3) is 8.19. The SMILES string of the molecule is CCCCCCC=CCCCCCCCC1=C(O)C(=O)C=C(O)C1=O. The van der Waals surface area contributed by atoms with Gasteiger partial charge in [0.05, 0.1) is 0 Å². The van der Waals surface area contributed by atoms with Gasteiger partial charge in [0.1, 0.15) is 0 Å². The molecule has 0 fully saturated rings. The predicted octanol–water partition coefficient (Wildman–Crippen LogP) is 5.65. The largest absolute Gasteiger partial charge is 0.504 e. The molecule has 0 aromatic heterocycles. The summed E-state index contributed by atoms with van der Waals surface area (Å²) in [7, 11) is 0. The lowest BCUT2D eigenvalue weighted by molar-refractivity contribution is -0.119. The molecular weight excluding hydrogens is 316 g/mol. The number of aliphatic hydroxyl groups is 2. The third-order valence-corrected chi connectivity index (χ3v) is 4.48. The van der Waals surface area contributed by atoms with E-state index >= 15 is 0 Å². The lowest BCUT2D eigenvalue weighted by Crippen LogP contribution is -2.19. The van der Waals surface area contributed by atoms with E-state index in [4.69, 9.17) is 0 Å². The van der Waals surface area contributed by atoms with Gasteiger partial charge in [0.2, 0.25) is 11.6 Å². The first-order chi connectivity index (χ1) is 12.1. The van der Waals surface area contributed by atoms with Gasteiger partial charge in [-0.15, -0.1) is 0 Å². The van der Waals surface area contributed by atoms with Gasteiger partial charge < -0.3 is 10.2 Å². The molecule has 4 heteroatoms. The van der Waals surface area contributed by atoms with Crippen molar-refractivity contribution in [3.8, 4) is 0 Å². The van der Waals surface area contributed by atoms with Gasteiger partial charge in [-0.05, 0) is 38.5 Å². The van der Waals surface area contributed by atoms with E-state index in [1.165, 1.54) is 38.5 Å². The van der Waals surface area contributed by atoms with Crippen LogP contribution < -0.4 is 0 Å². The Kier molecular flexibility index (Phi) is 10.6. The highest BCUT2D eigenvalue weighted by Crippen LogP contribution is 2.22. The molecule has 0 heterocycles. The van der Waals surface area contributed by atoms with E-state index in [1.54, 1.807) is 0 Å². The highest BCUT2D eigenvalue weighted by molar-refractivity contribution is 6.20. The van der Waals surface area contributed by atoms with Crippen LogP contribution in [0, 0.1) is 0 Å². The van der Waals surface area contributed by atoms with E-state index in [1.807, 2.05) is 0 Å². The van der Waals surface area contributed by atoms with Crippen molar-refractivity contribution in [1.29, 1.82) is 0 Å². The quantitative estimate of drug-likeness (QED) is 0.256. The maximum absolute atomic E-state index is 11.7. The summed E-state index contributed by atoms with van der Waals surface area (Å²) in [6.07, 6.45) is 18.3. The summed E-state index contributed by atoms with van der Waals surface area (Å²) in [5.74, 6) is -2.39. The van der Waals surface area contributed by atoms with Gasteiger partial charge in [0, 0.05) is 11.6 Å². The van der Waals surface area contributed by atoms with Crippen molar-refractivity contribution in [3.63, 3.8) is 0 Å². The molecule has 2 N–H and O–H groups in total. The second-order valence-electron chi connectivity index (χ2n) is 6.68. The summed E-state index contributed by atoms with van der Waals surface area (Å²) >= 11 is 0. The van der Waals surface area contributed by atoms with Crippen molar-refractivity contribution in [1.82, 2.24) is 0 Å². The molecule has 0 aromatic rings. The number of aliphatic hydroxyl groups excluding tert-OH is 2. The van der Waals surface area contributed by atoms with Gasteiger partial charge in [-0.25, -0.2) is 0 Å². The van der Waals surface area contributed by atoms with Gasteiger partial charge >= 0.3 is 0 Å². The van der Waals surface area contributed by atoms with Crippen LogP contribution >= 0.6 is 0 Å². The van der Waals surface area contributed by atoms with Crippen LogP contribution in [0.1, 0.15) is 84.0 Å². The molecular formula is C21H32O4. The molecule has 25 heavy (non-hydrogen) atoms. The van der Waals surface area contributed by atoms with E-state index in [9.17, 15) is 19.8 Å². The zero-order valence-corrected chi connectivity index (χ0v) is 15.4. The van der Waals surface area contributed by atoms with Gasteiger partial charge in [-0.3, -0.25) is 9.59 Å². The molecule has 0 bridgehead atoms. The number of carbonyl (C=O) groups is 2. The fourth-order valence-electron chi connectivity index (χ4n) is 2.92. The third-order valence-electron chi connectivity index (χ3n) is 4.48. The summed E-state index contributed by atoms with van der Waals surface area (Å²) in [4.78, 5) is 23.1. The molecule has 0 atom stereocenters. The van der Waals surface area contributed by atoms with Crippen LogP contribution in [0.15, 0.2) is 35.3 Å². The van der Waals surface area contributed by atoms with Gasteiger partial charge in [-0.1, -0.05) is 57.6 Å². The van der Waals surface area contributed by atoms with Crippen LogP contribution in [-0.2, 0) is 9.59 Å². The molecule has 0 radical (unpaired) electrons. The van der Waals surface area contributed by atoms with E-state index < -0.39 is 23.1 Å². The highest BCUT2D eigenvalue weighted by Gasteiger charge is 2.27. The Hall–Kier alpha value is -1.84. The van der Waals surface area contributed by atoms with E-state index in [-0.39, 0.29) is 5.57 Å². The maximum Gasteiger partial charge on any atom is 0.227 e. The van der Waals surface area contributed by atoms with Crippen molar-refractivity contribution >= 4 is 11.6 Å². The molecule has 0 aliphatic heterocycles. The highest BCUT2D eigenvalue weighted by atomic mass is 16.3. The Balaban J connectivity index is 2.05. The molecule has 0 aromatic carbocycles. The molecule has 1 aliphatic carbocycles. The Morgan fingerprint density at radius 2 is 1.40 bits per heavy atom. The molecule has 1 aliphatic rings. The predicted molar refractivity (Wildman–Crippen MR) is 101 cm³/mol. The normalized spacial score (nSPS) is 15.3. The van der Waals surface area contributed by atoms with Crippen molar-refractivity contribution < 1.29 is 19.8 Å². The zero-order chi connectivity index (χ0) is 18.5. The molecule has 0 unspecified atom stereocenters. The second kappa shape index (κ2) is 12.5. The number of Topliss-reactive ketones (excluding diaryl/α,β-unsaturated/α-hetero) is 1. The van der Waals surface area contributed by atoms with Crippen molar-refractivity contribution in [2.75, 3.05) is 0 Å². The Labute approximate surface area is 151 Å². The van der Waals surface area contributed by atoms with Crippen molar-refractivity contribution in [3.05, 3.63) is 35.3 Å². The number of hydrogen-bond donors (Lipinski definition) is 2. The Morgan fingerprint density at radius 1 is 0.840 bits per heavy atom. The first-order valence-corrected chi connectivity index (χ1v) is 9.64. The minimum atomic E-state index is -0.686. The molecule has 0 amide bonds. The van der Waals surface area contributed by atoms with Crippen LogP contribution in [0.2, 0.25) is 0 Å². The van der Waals surface area contributed by atoms with Crippen molar-refractivity contribution in [2.45, 2.75) is 84.0 Å². The van der Waals surface area contributed by atoms with Crippen LogP contribution in [0.3, 0.4) is 0 Å². The fraction of sp³-hybridized carbons (Fsp3) is 0.619. The molecule has 0 saturated heterocycles. The second-order valence-corrected chi connectivity index (χ2v) is 6.68. The lowest BCUT2D eigenvalue weighted by Gasteiger charge is -2.12. The minimum absolute atomic E-state index is 0.0519. The smallest absolute Gasteiger partial charge is 0.227 e. The summed E-state index contributed by atoms with van der Waals surface area (Å²) in [5.41, 5.74) is 0.0519. The van der Waals surface area contributed by atoms with Crippen molar-refractivity contribution in [2.24, 2.45) is 0 Å². The van der Waals surface area contributed by atoms with E-state index in [0.717, 1.165) is 38.2 Å². The fourth-order valence-corrected chi connectivity index (χ4v) is 2.92. The van der Waals surface area contributed by atoms with E-state index in [2.05, 4.69) is 19.1 Å². The van der Waals surface area contributed by atoms with Crippen LogP contribution in [0.4, 0.5) is 0 Å². The van der Waals surface area contributed by atoms with Gasteiger partial charge in [0.15, 0.2) is 11.5 Å². The summed E-state index contributed by atoms with van der Waals surface area (Å²) in [6.45, 7) is 2.23. The summed E-state index contributed by atoms with van der Waals surface area (Å²) < 4.78 is 0. The molecule has 0 saturated carbocycles. The van der Waals surface area contributed by atoms with Crippen LogP contribution in [0.5, 0.6) is 0 Å². The van der Waals surface area contributed by atoms with Crippen LogP contribution in [-0.4, -0.2) is 21.8 Å². The zero-order valence-electron chi connectivity index (χ0n) is 15.4. The Morgan fingerprint density at radius 3 is 2.04 bits per heavy atom. The number of unbranched alkanes of at least 4 members (excludes halogenated alkanes) is 9. The summed E-state index contributed by atoms with van der Waals surface area (Å²) in [5, 5.41) is 19.0. The topological polar surface area (TPSA) is 74.6 Å². The number of ketones is 2. The number of carbonyl (C=O) groups excluding carboxylic acids is 2. The summed E-state index contributed by atoms with van der Waals surface area (Å²) in [6, 6.07) is 0. The van der Waals surface area contributed by atoms with Crippen LogP contribution in [0.25, 0.3) is 0 Å². The van der Waals surface area contributed by atoms with Gasteiger partial charge in [-0.2, -0.15) is 0 Å². The standard InChI is InChI=1S/C21H32O4/c1-2-3-4-5-6-7-8-9-10-11-12-13-14-15-17-20(24)18(22)16-19(23)21(17)25/h7-8,16,22,25H,2-6,9-15H2,1H3. The lowest BCUT2D eigenvalue weighted by atomic mass is 9.95. The first-order valence-electron chi connectivity index (χ1n) is 9.64. The Bertz CT molecular complexity index is 526. The van der Waals surface area contributed by atoms with Gasteiger partial charge in [0.25, 0.3) is 0 Å². The first kappa shape index (κ1) is 21.2.